The van der Waals surface area contributed by atoms with Crippen molar-refractivity contribution in [3.63, 3.8) is 0 Å². The van der Waals surface area contributed by atoms with Crippen molar-refractivity contribution in [2.24, 2.45) is 5.73 Å². The van der Waals surface area contributed by atoms with Crippen molar-refractivity contribution in [3.8, 4) is 0 Å². The third-order valence-corrected chi connectivity index (χ3v) is 2.09. The predicted molar refractivity (Wildman–Crippen MR) is 52.7 cm³/mol. The minimum atomic E-state index is 0.549. The summed E-state index contributed by atoms with van der Waals surface area (Å²) in [5.41, 5.74) is 8.66. The van der Waals surface area contributed by atoms with Crippen LogP contribution in [0.2, 0.25) is 0 Å². The first-order valence-corrected chi connectivity index (χ1v) is 4.22. The van der Waals surface area contributed by atoms with E-state index in [1.54, 1.807) is 24.4 Å². The molecular weight excluding hydrogens is 178 g/mol. The van der Waals surface area contributed by atoms with E-state index >= 15 is 0 Å². The molecule has 0 radical (unpaired) electrons. The van der Waals surface area contributed by atoms with Crippen molar-refractivity contribution in [1.29, 1.82) is 0 Å². The van der Waals surface area contributed by atoms with Crippen LogP contribution < -0.4 is 5.73 Å². The molecular formula is C10H9N3O. The van der Waals surface area contributed by atoms with Gasteiger partial charge in [0.25, 0.3) is 0 Å². The molecule has 4 heteroatoms. The average Bonchev–Trinajstić information content (AvgIpc) is 2.71. The molecule has 1 aliphatic rings. The highest BCUT2D eigenvalue weighted by molar-refractivity contribution is 5.82. The molecule has 0 bridgehead atoms. The largest absolute Gasteiger partial charge is 0.398 e. The number of nitrogens with zero attached hydrogens (tertiary/aromatic N) is 1. The van der Waals surface area contributed by atoms with E-state index in [9.17, 15) is 4.79 Å². The molecule has 1 aromatic rings. The summed E-state index contributed by atoms with van der Waals surface area (Å²) in [4.78, 5) is 10.5. The molecule has 0 fully saturated rings. The van der Waals surface area contributed by atoms with E-state index in [2.05, 4.69) is 10.2 Å². The van der Waals surface area contributed by atoms with E-state index in [4.69, 9.17) is 5.73 Å². The Labute approximate surface area is 80.8 Å². The highest BCUT2D eigenvalue weighted by Crippen LogP contribution is 2.24. The maximum atomic E-state index is 10.5. The van der Waals surface area contributed by atoms with Gasteiger partial charge in [0.2, 0.25) is 0 Å². The summed E-state index contributed by atoms with van der Waals surface area (Å²) >= 11 is 0. The molecule has 1 heterocycles. The van der Waals surface area contributed by atoms with E-state index in [0.717, 1.165) is 11.3 Å². The Morgan fingerprint density at radius 3 is 3.07 bits per heavy atom. The van der Waals surface area contributed by atoms with Gasteiger partial charge in [0.1, 0.15) is 5.94 Å². The van der Waals surface area contributed by atoms with Gasteiger partial charge in [-0.3, -0.25) is 5.10 Å². The van der Waals surface area contributed by atoms with E-state index in [0.29, 0.717) is 17.7 Å². The summed E-state index contributed by atoms with van der Waals surface area (Å²) in [7, 11) is 0. The Kier molecular flexibility index (Phi) is 2.05. The zero-order chi connectivity index (χ0) is 9.97. The van der Waals surface area contributed by atoms with Crippen molar-refractivity contribution in [2.45, 2.75) is 6.42 Å². The summed E-state index contributed by atoms with van der Waals surface area (Å²) in [6, 6.07) is 1.81. The second-order valence-corrected chi connectivity index (χ2v) is 3.02. The van der Waals surface area contributed by atoms with Crippen molar-refractivity contribution < 1.29 is 4.79 Å². The molecule has 2 rings (SSSR count). The fourth-order valence-electron chi connectivity index (χ4n) is 1.36. The van der Waals surface area contributed by atoms with Gasteiger partial charge in [-0.05, 0) is 12.1 Å². The van der Waals surface area contributed by atoms with Crippen LogP contribution in [0.15, 0.2) is 35.7 Å². The second kappa shape index (κ2) is 3.36. The summed E-state index contributed by atoms with van der Waals surface area (Å²) in [6.07, 6.45) is 5.72. The summed E-state index contributed by atoms with van der Waals surface area (Å²) in [6.45, 7) is 0. The molecule has 14 heavy (non-hydrogen) atoms. The van der Waals surface area contributed by atoms with Gasteiger partial charge < -0.3 is 5.73 Å². The average molecular weight is 187 g/mol. The van der Waals surface area contributed by atoms with Gasteiger partial charge in [-0.25, -0.2) is 4.79 Å². The van der Waals surface area contributed by atoms with E-state index in [1.807, 2.05) is 5.94 Å². The van der Waals surface area contributed by atoms with Gasteiger partial charge >= 0.3 is 0 Å². The van der Waals surface area contributed by atoms with Crippen LogP contribution in [0.25, 0.3) is 5.57 Å². The van der Waals surface area contributed by atoms with Gasteiger partial charge in [-0.2, -0.15) is 5.10 Å². The predicted octanol–water partition coefficient (Wildman–Crippen LogP) is 0.797. The second-order valence-electron chi connectivity index (χ2n) is 3.02. The lowest BCUT2D eigenvalue weighted by Gasteiger charge is -2.10. The SMILES string of the molecule is NC1=CCC(=C=O)C=C1c1ccn[nH]1. The molecule has 0 saturated heterocycles. The monoisotopic (exact) mass is 187 g/mol. The van der Waals surface area contributed by atoms with Gasteiger partial charge in [0.05, 0.1) is 5.69 Å². The highest BCUT2D eigenvalue weighted by Gasteiger charge is 2.11. The Bertz CT molecular complexity index is 448. The molecule has 70 valence electrons. The van der Waals surface area contributed by atoms with E-state index < -0.39 is 0 Å². The third kappa shape index (κ3) is 1.39. The van der Waals surface area contributed by atoms with Crippen LogP contribution in [0.5, 0.6) is 0 Å². The van der Waals surface area contributed by atoms with E-state index in [-0.39, 0.29) is 0 Å². The Morgan fingerprint density at radius 1 is 1.57 bits per heavy atom. The minimum absolute atomic E-state index is 0.549. The molecule has 0 amide bonds. The normalized spacial score (nSPS) is 15.9. The van der Waals surface area contributed by atoms with Gasteiger partial charge in [0, 0.05) is 29.5 Å². The minimum Gasteiger partial charge on any atom is -0.398 e. The Morgan fingerprint density at radius 2 is 2.43 bits per heavy atom. The maximum Gasteiger partial charge on any atom is 0.128 e. The number of allylic oxidation sites excluding steroid dienone is 4. The summed E-state index contributed by atoms with van der Waals surface area (Å²) in [5.74, 6) is 1.87. The first-order chi connectivity index (χ1) is 6.81. The van der Waals surface area contributed by atoms with Crippen LogP contribution in [0.1, 0.15) is 12.1 Å². The lowest BCUT2D eigenvalue weighted by atomic mass is 9.98. The lowest BCUT2D eigenvalue weighted by Crippen LogP contribution is -2.05. The van der Waals surface area contributed by atoms with Crippen LogP contribution in [0, 0.1) is 0 Å². The number of hydrogen-bond acceptors (Lipinski definition) is 3. The van der Waals surface area contributed by atoms with Crippen LogP contribution >= 0.6 is 0 Å². The molecule has 0 unspecified atom stereocenters. The number of nitrogens with one attached hydrogen (secondary N) is 1. The molecule has 0 aromatic carbocycles. The first kappa shape index (κ1) is 8.53. The third-order valence-electron chi connectivity index (χ3n) is 2.09. The molecule has 3 N–H and O–H groups in total. The fourth-order valence-corrected chi connectivity index (χ4v) is 1.36. The standard InChI is InChI=1S/C10H9N3O/c11-9-2-1-7(6-14)5-8(9)10-3-4-12-13-10/h2-5H,1,11H2,(H,12,13). The zero-order valence-electron chi connectivity index (χ0n) is 7.45. The Hall–Kier alpha value is -2.06. The van der Waals surface area contributed by atoms with Gasteiger partial charge in [0.15, 0.2) is 0 Å². The maximum absolute atomic E-state index is 10.5. The number of aromatic amines is 1. The van der Waals surface area contributed by atoms with Crippen LogP contribution in [-0.2, 0) is 4.79 Å². The number of carbonyl (C=O) groups excluding carboxylic acids is 1. The number of rotatable bonds is 1. The molecule has 0 spiro atoms. The summed E-state index contributed by atoms with van der Waals surface area (Å²) in [5, 5.41) is 6.63. The fraction of sp³-hybridized carbons (Fsp3) is 0.100. The first-order valence-electron chi connectivity index (χ1n) is 4.22. The Balaban J connectivity index is 2.47. The molecule has 0 saturated carbocycles. The quantitative estimate of drug-likeness (QED) is 0.638. The lowest BCUT2D eigenvalue weighted by molar-refractivity contribution is 0.567. The van der Waals surface area contributed by atoms with Crippen molar-refractivity contribution in [1.82, 2.24) is 10.2 Å². The number of aromatic nitrogens is 2. The molecule has 0 aliphatic heterocycles. The van der Waals surface area contributed by atoms with Crippen molar-refractivity contribution in [3.05, 3.63) is 41.4 Å². The number of nitrogens with two attached hydrogens (primary N) is 1. The van der Waals surface area contributed by atoms with Crippen molar-refractivity contribution >= 4 is 11.5 Å². The molecule has 1 aromatic heterocycles. The van der Waals surface area contributed by atoms with Crippen LogP contribution in [0.4, 0.5) is 0 Å². The number of hydrogen-bond donors (Lipinski definition) is 2. The van der Waals surface area contributed by atoms with E-state index in [1.165, 1.54) is 0 Å². The summed E-state index contributed by atoms with van der Waals surface area (Å²) < 4.78 is 0. The van der Waals surface area contributed by atoms with Crippen LogP contribution in [0.3, 0.4) is 0 Å². The smallest absolute Gasteiger partial charge is 0.128 e. The highest BCUT2D eigenvalue weighted by atomic mass is 16.1. The zero-order valence-corrected chi connectivity index (χ0v) is 7.45. The van der Waals surface area contributed by atoms with Gasteiger partial charge in [-0.1, -0.05) is 6.08 Å². The molecule has 4 nitrogen and oxygen atoms in total. The molecule has 1 aliphatic carbocycles. The molecule has 0 atom stereocenters. The number of H-pyrrole nitrogens is 1. The van der Waals surface area contributed by atoms with Gasteiger partial charge in [-0.15, -0.1) is 0 Å². The van der Waals surface area contributed by atoms with Crippen LogP contribution in [-0.4, -0.2) is 16.1 Å². The van der Waals surface area contributed by atoms with Crippen molar-refractivity contribution in [2.75, 3.05) is 0 Å². The topological polar surface area (TPSA) is 71.8 Å².